The number of nitrogens with one attached hydrogen (secondary N) is 1. The van der Waals surface area contributed by atoms with Crippen LogP contribution in [0.25, 0.3) is 0 Å². The van der Waals surface area contributed by atoms with Gasteiger partial charge >= 0.3 is 5.97 Å². The second kappa shape index (κ2) is 6.28. The van der Waals surface area contributed by atoms with E-state index < -0.39 is 5.97 Å². The van der Waals surface area contributed by atoms with E-state index in [0.717, 1.165) is 16.9 Å². The lowest BCUT2D eigenvalue weighted by Crippen LogP contribution is -2.10. The number of nitrogens with zero attached hydrogens (tertiary/aromatic N) is 3. The highest BCUT2D eigenvalue weighted by atomic mass is 32.1. The molecule has 0 unspecified atom stereocenters. The number of carbonyl (C=O) groups excluding carboxylic acids is 1. The first-order chi connectivity index (χ1) is 10.1. The molecule has 2 heterocycles. The lowest BCUT2D eigenvalue weighted by molar-refractivity contribution is 0.0607. The average Bonchev–Trinajstić information content (AvgIpc) is 3.02. The summed E-state index contributed by atoms with van der Waals surface area (Å²) in [5, 5.41) is 17.0. The number of hydrogen-bond donors (Lipinski definition) is 2. The first-order valence-electron chi connectivity index (χ1n) is 6.20. The summed E-state index contributed by atoms with van der Waals surface area (Å²) in [6.45, 7) is 3.17. The molecule has 21 heavy (non-hydrogen) atoms. The molecule has 0 spiro atoms. The molecule has 0 aliphatic carbocycles. The van der Waals surface area contributed by atoms with Gasteiger partial charge in [-0.25, -0.2) is 4.79 Å². The second-order valence-corrected chi connectivity index (χ2v) is 5.38. The Kier molecular flexibility index (Phi) is 4.45. The van der Waals surface area contributed by atoms with Crippen LogP contribution in [0.2, 0.25) is 0 Å². The van der Waals surface area contributed by atoms with Crippen LogP contribution in [-0.2, 0) is 11.3 Å². The Bertz CT molecular complexity index is 698. The number of methoxy groups -OCH3 is 1. The number of anilines is 2. The van der Waals surface area contributed by atoms with Gasteiger partial charge in [0.2, 0.25) is 0 Å². The van der Waals surface area contributed by atoms with Crippen LogP contribution in [0, 0.1) is 18.3 Å². The molecular weight excluding hydrogens is 290 g/mol. The van der Waals surface area contributed by atoms with E-state index in [0.29, 0.717) is 18.1 Å². The molecule has 2 aromatic rings. The first kappa shape index (κ1) is 14.9. The van der Waals surface area contributed by atoms with Gasteiger partial charge in [-0.05, 0) is 12.5 Å². The van der Waals surface area contributed by atoms with Gasteiger partial charge in [0.05, 0.1) is 25.5 Å². The summed E-state index contributed by atoms with van der Waals surface area (Å²) in [5.41, 5.74) is 7.33. The molecule has 2 aromatic heterocycles. The maximum absolute atomic E-state index is 11.6. The highest BCUT2D eigenvalue weighted by Gasteiger charge is 2.21. The molecule has 0 radical (unpaired) electrons. The van der Waals surface area contributed by atoms with Crippen LogP contribution in [0.4, 0.5) is 10.7 Å². The minimum absolute atomic E-state index is 0.159. The molecule has 110 valence electrons. The number of aromatic nitrogens is 2. The van der Waals surface area contributed by atoms with Crippen LogP contribution < -0.4 is 11.1 Å². The number of esters is 1. The predicted octanol–water partition coefficient (Wildman–Crippen LogP) is 1.61. The van der Waals surface area contributed by atoms with Gasteiger partial charge < -0.3 is 15.8 Å². The lowest BCUT2D eigenvalue weighted by atomic mass is 10.2. The Morgan fingerprint density at radius 1 is 1.67 bits per heavy atom. The normalized spacial score (nSPS) is 10.1. The van der Waals surface area contributed by atoms with Gasteiger partial charge in [0.15, 0.2) is 0 Å². The van der Waals surface area contributed by atoms with Crippen molar-refractivity contribution in [3.05, 3.63) is 28.4 Å². The monoisotopic (exact) mass is 305 g/mol. The quantitative estimate of drug-likeness (QED) is 0.813. The molecule has 0 aromatic carbocycles. The fraction of sp³-hybridized carbons (Fsp3) is 0.308. The van der Waals surface area contributed by atoms with Gasteiger partial charge in [0.1, 0.15) is 21.5 Å². The Morgan fingerprint density at radius 2 is 2.43 bits per heavy atom. The van der Waals surface area contributed by atoms with E-state index >= 15 is 0 Å². The molecule has 3 N–H and O–H groups in total. The van der Waals surface area contributed by atoms with Crippen molar-refractivity contribution >= 4 is 28.0 Å². The number of rotatable bonds is 5. The van der Waals surface area contributed by atoms with Crippen molar-refractivity contribution in [1.29, 1.82) is 5.26 Å². The number of hydrogen-bond acceptors (Lipinski definition) is 7. The topological polar surface area (TPSA) is 106 Å². The summed E-state index contributed by atoms with van der Waals surface area (Å²) in [7, 11) is 1.28. The maximum Gasteiger partial charge on any atom is 0.350 e. The van der Waals surface area contributed by atoms with Crippen molar-refractivity contribution in [2.75, 3.05) is 24.7 Å². The number of carbonyl (C=O) groups is 1. The zero-order valence-corrected chi connectivity index (χ0v) is 12.5. The van der Waals surface area contributed by atoms with Gasteiger partial charge in [-0.1, -0.05) is 0 Å². The summed E-state index contributed by atoms with van der Waals surface area (Å²) >= 11 is 1.12. The number of aryl methyl sites for hydroxylation is 1. The smallest absolute Gasteiger partial charge is 0.350 e. The van der Waals surface area contributed by atoms with Crippen LogP contribution >= 0.6 is 11.3 Å². The Morgan fingerprint density at radius 3 is 3.00 bits per heavy atom. The third-order valence-corrected chi connectivity index (χ3v) is 3.96. The van der Waals surface area contributed by atoms with Gasteiger partial charge in [0, 0.05) is 12.7 Å². The summed E-state index contributed by atoms with van der Waals surface area (Å²) in [6.07, 6.45) is 3.70. The Labute approximate surface area is 125 Å². The van der Waals surface area contributed by atoms with E-state index in [1.165, 1.54) is 7.11 Å². The van der Waals surface area contributed by atoms with Crippen molar-refractivity contribution in [2.45, 2.75) is 13.5 Å². The molecule has 0 fully saturated rings. The van der Waals surface area contributed by atoms with Crippen molar-refractivity contribution in [2.24, 2.45) is 0 Å². The highest BCUT2D eigenvalue weighted by molar-refractivity contribution is 7.18. The third kappa shape index (κ3) is 3.14. The Hall–Kier alpha value is -2.53. The largest absolute Gasteiger partial charge is 0.465 e. The summed E-state index contributed by atoms with van der Waals surface area (Å²) in [6, 6.07) is 2.01. The molecule has 0 bridgehead atoms. The average molecular weight is 305 g/mol. The Balaban J connectivity index is 2.09. The zero-order chi connectivity index (χ0) is 15.4. The van der Waals surface area contributed by atoms with Gasteiger partial charge in [-0.2, -0.15) is 10.4 Å². The number of thiophene rings is 1. The molecule has 0 saturated carbocycles. The number of ether oxygens (including phenoxy) is 1. The van der Waals surface area contributed by atoms with Gasteiger partial charge in [-0.3, -0.25) is 4.68 Å². The van der Waals surface area contributed by atoms with Crippen LogP contribution in [0.3, 0.4) is 0 Å². The van der Waals surface area contributed by atoms with E-state index in [1.54, 1.807) is 10.9 Å². The third-order valence-electron chi connectivity index (χ3n) is 2.82. The number of nitriles is 1. The van der Waals surface area contributed by atoms with Crippen molar-refractivity contribution in [3.63, 3.8) is 0 Å². The molecule has 2 rings (SSSR count). The maximum atomic E-state index is 11.6. The van der Waals surface area contributed by atoms with Crippen LogP contribution in [-0.4, -0.2) is 29.4 Å². The first-order valence-corrected chi connectivity index (χ1v) is 7.02. The number of nitrogens with two attached hydrogens (primary N) is 1. The molecule has 0 aliphatic rings. The van der Waals surface area contributed by atoms with E-state index in [1.807, 2.05) is 19.2 Å². The minimum Gasteiger partial charge on any atom is -0.465 e. The lowest BCUT2D eigenvalue weighted by Gasteiger charge is -2.04. The highest BCUT2D eigenvalue weighted by Crippen LogP contribution is 2.35. The van der Waals surface area contributed by atoms with E-state index in [-0.39, 0.29) is 16.1 Å². The van der Waals surface area contributed by atoms with Crippen LogP contribution in [0.5, 0.6) is 0 Å². The van der Waals surface area contributed by atoms with Gasteiger partial charge in [-0.15, -0.1) is 11.3 Å². The second-order valence-electron chi connectivity index (χ2n) is 4.36. The van der Waals surface area contributed by atoms with Crippen molar-refractivity contribution in [1.82, 2.24) is 9.78 Å². The molecule has 7 nitrogen and oxygen atoms in total. The van der Waals surface area contributed by atoms with Gasteiger partial charge in [0.25, 0.3) is 0 Å². The van der Waals surface area contributed by atoms with E-state index in [2.05, 4.69) is 15.2 Å². The predicted molar refractivity (Wildman–Crippen MR) is 80.2 cm³/mol. The standard InChI is InChI=1S/C13H15N5O2S/c1-8-6-17-18(7-8)4-3-16-12-9(5-14)10(15)11(21-12)13(19)20-2/h6-7,16H,3-4,15H2,1-2H3. The molecule has 0 atom stereocenters. The molecule has 8 heteroatoms. The fourth-order valence-corrected chi connectivity index (χ4v) is 2.81. The minimum atomic E-state index is -0.537. The van der Waals surface area contributed by atoms with E-state index in [9.17, 15) is 4.79 Å². The van der Waals surface area contributed by atoms with E-state index in [4.69, 9.17) is 11.0 Å². The zero-order valence-electron chi connectivity index (χ0n) is 11.7. The van der Waals surface area contributed by atoms with Crippen molar-refractivity contribution < 1.29 is 9.53 Å². The number of nitrogen functional groups attached to an aromatic ring is 1. The van der Waals surface area contributed by atoms with Crippen molar-refractivity contribution in [3.8, 4) is 6.07 Å². The fourth-order valence-electron chi connectivity index (χ4n) is 1.80. The molecule has 0 amide bonds. The SMILES string of the molecule is COC(=O)c1sc(NCCn2cc(C)cn2)c(C#N)c1N. The summed E-state index contributed by atoms with van der Waals surface area (Å²) in [4.78, 5) is 11.8. The van der Waals surface area contributed by atoms with Crippen LogP contribution in [0.15, 0.2) is 12.4 Å². The summed E-state index contributed by atoms with van der Waals surface area (Å²) < 4.78 is 6.44. The molecule has 0 saturated heterocycles. The molecule has 0 aliphatic heterocycles. The van der Waals surface area contributed by atoms with Crippen LogP contribution in [0.1, 0.15) is 20.8 Å². The summed E-state index contributed by atoms with van der Waals surface area (Å²) in [5.74, 6) is -0.537. The molecular formula is C13H15N5O2S.